The maximum atomic E-state index is 12.3. The Labute approximate surface area is 189 Å². The molecule has 2 amide bonds. The molecule has 7 nitrogen and oxygen atoms in total. The van der Waals surface area contributed by atoms with Gasteiger partial charge in [0.2, 0.25) is 5.91 Å². The van der Waals surface area contributed by atoms with Crippen molar-refractivity contribution in [1.82, 2.24) is 0 Å². The van der Waals surface area contributed by atoms with Crippen LogP contribution in [0.4, 0.5) is 11.4 Å². The smallest absolute Gasteiger partial charge is 0.335 e. The van der Waals surface area contributed by atoms with Gasteiger partial charge in [0.05, 0.1) is 18.4 Å². The Morgan fingerprint density at radius 3 is 2.19 bits per heavy atom. The van der Waals surface area contributed by atoms with E-state index in [2.05, 4.69) is 10.6 Å². The summed E-state index contributed by atoms with van der Waals surface area (Å²) in [7, 11) is 1.57. The molecular formula is C24H22N2O5S. The van der Waals surface area contributed by atoms with E-state index in [1.807, 2.05) is 12.1 Å². The van der Waals surface area contributed by atoms with E-state index < -0.39 is 5.97 Å². The SMILES string of the molecule is COc1ccc(C(=O)Nc2ccc(SCC(=O)Nc3cc(C(=O)O)ccc3C)cc2)cc1. The summed E-state index contributed by atoms with van der Waals surface area (Å²) >= 11 is 1.34. The van der Waals surface area contributed by atoms with Gasteiger partial charge in [0.25, 0.3) is 5.91 Å². The number of carbonyl (C=O) groups is 3. The quantitative estimate of drug-likeness (QED) is 0.430. The lowest BCUT2D eigenvalue weighted by molar-refractivity contribution is -0.113. The first-order valence-corrected chi connectivity index (χ1v) is 10.7. The van der Waals surface area contributed by atoms with Crippen molar-refractivity contribution in [3.63, 3.8) is 0 Å². The number of ether oxygens (including phenoxy) is 1. The topological polar surface area (TPSA) is 105 Å². The number of carboxylic acids is 1. The van der Waals surface area contributed by atoms with Gasteiger partial charge in [-0.3, -0.25) is 9.59 Å². The summed E-state index contributed by atoms with van der Waals surface area (Å²) in [5, 5.41) is 14.7. The normalized spacial score (nSPS) is 10.3. The van der Waals surface area contributed by atoms with Crippen molar-refractivity contribution in [3.8, 4) is 5.75 Å². The predicted octanol–water partition coefficient (Wildman–Crippen LogP) is 4.68. The first-order valence-electron chi connectivity index (χ1n) is 9.68. The number of methoxy groups -OCH3 is 1. The lowest BCUT2D eigenvalue weighted by atomic mass is 10.1. The van der Waals surface area contributed by atoms with Crippen molar-refractivity contribution in [3.05, 3.63) is 83.4 Å². The van der Waals surface area contributed by atoms with Crippen LogP contribution in [0.1, 0.15) is 26.3 Å². The van der Waals surface area contributed by atoms with Gasteiger partial charge in [-0.25, -0.2) is 4.79 Å². The number of anilines is 2. The first-order chi connectivity index (χ1) is 15.4. The van der Waals surface area contributed by atoms with Gasteiger partial charge < -0.3 is 20.5 Å². The first kappa shape index (κ1) is 22.9. The second kappa shape index (κ2) is 10.5. The van der Waals surface area contributed by atoms with Crippen LogP contribution >= 0.6 is 11.8 Å². The van der Waals surface area contributed by atoms with Crippen molar-refractivity contribution in [1.29, 1.82) is 0 Å². The fraction of sp³-hybridized carbons (Fsp3) is 0.125. The second-order valence-corrected chi connectivity index (χ2v) is 7.93. The number of aromatic carboxylic acids is 1. The monoisotopic (exact) mass is 450 g/mol. The number of hydrogen-bond donors (Lipinski definition) is 3. The molecular weight excluding hydrogens is 428 g/mol. The van der Waals surface area contributed by atoms with E-state index in [9.17, 15) is 14.4 Å². The van der Waals surface area contributed by atoms with Crippen molar-refractivity contribution >= 4 is 40.9 Å². The highest BCUT2D eigenvalue weighted by molar-refractivity contribution is 8.00. The summed E-state index contributed by atoms with van der Waals surface area (Å²) in [5.74, 6) is -0.677. The molecule has 32 heavy (non-hydrogen) atoms. The molecule has 0 aliphatic rings. The van der Waals surface area contributed by atoms with Crippen molar-refractivity contribution in [2.24, 2.45) is 0 Å². The van der Waals surface area contributed by atoms with E-state index in [1.165, 1.54) is 23.9 Å². The van der Waals surface area contributed by atoms with Crippen LogP contribution in [0.3, 0.4) is 0 Å². The van der Waals surface area contributed by atoms with Crippen LogP contribution in [0.2, 0.25) is 0 Å². The maximum Gasteiger partial charge on any atom is 0.335 e. The van der Waals surface area contributed by atoms with E-state index in [1.54, 1.807) is 56.5 Å². The molecule has 3 aromatic carbocycles. The zero-order chi connectivity index (χ0) is 23.1. The van der Waals surface area contributed by atoms with E-state index in [0.717, 1.165) is 10.5 Å². The number of carbonyl (C=O) groups excluding carboxylic acids is 2. The fourth-order valence-corrected chi connectivity index (χ4v) is 3.50. The molecule has 0 aliphatic heterocycles. The molecule has 3 rings (SSSR count). The van der Waals surface area contributed by atoms with Crippen molar-refractivity contribution < 1.29 is 24.2 Å². The molecule has 0 heterocycles. The second-order valence-electron chi connectivity index (χ2n) is 6.88. The van der Waals surface area contributed by atoms with Gasteiger partial charge in [-0.1, -0.05) is 6.07 Å². The van der Waals surface area contributed by atoms with Crippen molar-refractivity contribution in [2.45, 2.75) is 11.8 Å². The number of nitrogens with one attached hydrogen (secondary N) is 2. The Balaban J connectivity index is 1.53. The molecule has 164 valence electrons. The summed E-state index contributed by atoms with van der Waals surface area (Å²) in [6.45, 7) is 1.80. The maximum absolute atomic E-state index is 12.3. The third kappa shape index (κ3) is 6.12. The lowest BCUT2D eigenvalue weighted by Gasteiger charge is -2.10. The zero-order valence-corrected chi connectivity index (χ0v) is 18.4. The summed E-state index contributed by atoms with van der Waals surface area (Å²) in [6.07, 6.45) is 0. The van der Waals surface area contributed by atoms with Crippen LogP contribution in [0, 0.1) is 6.92 Å². The van der Waals surface area contributed by atoms with E-state index in [0.29, 0.717) is 22.7 Å². The fourth-order valence-electron chi connectivity index (χ4n) is 2.81. The summed E-state index contributed by atoms with van der Waals surface area (Å²) in [5.41, 5.74) is 2.53. The van der Waals surface area contributed by atoms with Crippen LogP contribution < -0.4 is 15.4 Å². The number of carboxylic acid groups (broad SMARTS) is 1. The Hall–Kier alpha value is -3.78. The largest absolute Gasteiger partial charge is 0.497 e. The van der Waals surface area contributed by atoms with Crippen LogP contribution in [-0.4, -0.2) is 35.8 Å². The molecule has 0 saturated heterocycles. The molecule has 0 bridgehead atoms. The molecule has 0 fully saturated rings. The molecule has 0 radical (unpaired) electrons. The summed E-state index contributed by atoms with van der Waals surface area (Å²) in [4.78, 5) is 36.6. The minimum atomic E-state index is -1.05. The lowest BCUT2D eigenvalue weighted by Crippen LogP contribution is -2.15. The third-order valence-electron chi connectivity index (χ3n) is 4.59. The summed E-state index contributed by atoms with van der Waals surface area (Å²) < 4.78 is 5.09. The predicted molar refractivity (Wildman–Crippen MR) is 125 cm³/mol. The van der Waals surface area contributed by atoms with Gasteiger partial charge in [0.1, 0.15) is 5.75 Å². The van der Waals surface area contributed by atoms with Gasteiger partial charge in [0.15, 0.2) is 0 Å². The van der Waals surface area contributed by atoms with Gasteiger partial charge in [-0.05, 0) is 73.2 Å². The molecule has 3 N–H and O–H groups in total. The number of hydrogen-bond acceptors (Lipinski definition) is 5. The molecule has 8 heteroatoms. The van der Waals surface area contributed by atoms with Crippen molar-refractivity contribution in [2.75, 3.05) is 23.5 Å². The third-order valence-corrected chi connectivity index (χ3v) is 5.60. The number of thioether (sulfide) groups is 1. The van der Waals surface area contributed by atoms with E-state index in [-0.39, 0.29) is 23.1 Å². The molecule has 0 aliphatic carbocycles. The molecule has 0 spiro atoms. The average Bonchev–Trinajstić information content (AvgIpc) is 2.80. The standard InChI is InChI=1S/C24H22N2O5S/c1-15-3-4-17(24(29)30)13-21(15)26-22(27)14-32-20-11-7-18(8-12-20)25-23(28)16-5-9-19(31-2)10-6-16/h3-13H,14H2,1-2H3,(H,25,28)(H,26,27)(H,29,30). The average molecular weight is 451 g/mol. The Kier molecular flexibility index (Phi) is 7.51. The molecule has 0 aromatic heterocycles. The van der Waals surface area contributed by atoms with Gasteiger partial charge in [0, 0.05) is 21.8 Å². The van der Waals surface area contributed by atoms with Crippen LogP contribution in [0.15, 0.2) is 71.6 Å². The minimum absolute atomic E-state index is 0.117. The van der Waals surface area contributed by atoms with Gasteiger partial charge in [-0.15, -0.1) is 11.8 Å². The minimum Gasteiger partial charge on any atom is -0.497 e. The molecule has 0 saturated carbocycles. The zero-order valence-electron chi connectivity index (χ0n) is 17.5. The van der Waals surface area contributed by atoms with Crippen LogP contribution in [-0.2, 0) is 4.79 Å². The van der Waals surface area contributed by atoms with E-state index >= 15 is 0 Å². The molecule has 0 unspecified atom stereocenters. The Bertz CT molecular complexity index is 1130. The summed E-state index contributed by atoms with van der Waals surface area (Å²) in [6, 6.07) is 18.6. The number of amides is 2. The number of rotatable bonds is 8. The highest BCUT2D eigenvalue weighted by atomic mass is 32.2. The highest BCUT2D eigenvalue weighted by Gasteiger charge is 2.10. The number of benzene rings is 3. The van der Waals surface area contributed by atoms with E-state index in [4.69, 9.17) is 9.84 Å². The van der Waals surface area contributed by atoms with Crippen LogP contribution in [0.25, 0.3) is 0 Å². The van der Waals surface area contributed by atoms with Crippen LogP contribution in [0.5, 0.6) is 5.75 Å². The Morgan fingerprint density at radius 1 is 0.906 bits per heavy atom. The Morgan fingerprint density at radius 2 is 1.56 bits per heavy atom. The molecule has 0 atom stereocenters. The number of aryl methyl sites for hydroxylation is 1. The van der Waals surface area contributed by atoms with Gasteiger partial charge in [-0.2, -0.15) is 0 Å². The van der Waals surface area contributed by atoms with Gasteiger partial charge >= 0.3 is 5.97 Å². The molecule has 3 aromatic rings. The highest BCUT2D eigenvalue weighted by Crippen LogP contribution is 2.22.